The maximum absolute atomic E-state index is 2.45. The number of rotatable bonds is 9. The summed E-state index contributed by atoms with van der Waals surface area (Å²) in [4.78, 5) is 2.45. The van der Waals surface area contributed by atoms with Crippen molar-refractivity contribution in [2.75, 3.05) is 4.90 Å². The van der Waals surface area contributed by atoms with E-state index in [1.807, 2.05) is 0 Å². The van der Waals surface area contributed by atoms with Crippen LogP contribution in [0.15, 0.2) is 255 Å². The lowest BCUT2D eigenvalue weighted by atomic mass is 9.92. The summed E-state index contributed by atoms with van der Waals surface area (Å²) >= 11 is 0. The van der Waals surface area contributed by atoms with Crippen LogP contribution in [-0.4, -0.2) is 4.57 Å². The Morgan fingerprint density at radius 2 is 0.710 bits per heavy atom. The Balaban J connectivity index is 1.12. The van der Waals surface area contributed by atoms with E-state index in [-0.39, 0.29) is 0 Å². The van der Waals surface area contributed by atoms with Gasteiger partial charge >= 0.3 is 0 Å². The molecule has 1 aromatic heterocycles. The van der Waals surface area contributed by atoms with Gasteiger partial charge in [-0.05, 0) is 110 Å². The van der Waals surface area contributed by atoms with Crippen molar-refractivity contribution in [1.29, 1.82) is 0 Å². The zero-order chi connectivity index (χ0) is 41.2. The number of anilines is 3. The monoisotopic (exact) mass is 790 g/mol. The van der Waals surface area contributed by atoms with Gasteiger partial charge in [0.25, 0.3) is 0 Å². The maximum Gasteiger partial charge on any atom is 0.0562 e. The fourth-order valence-electron chi connectivity index (χ4n) is 9.12. The van der Waals surface area contributed by atoms with Crippen LogP contribution >= 0.6 is 0 Å². The van der Waals surface area contributed by atoms with E-state index in [0.29, 0.717) is 0 Å². The smallest absolute Gasteiger partial charge is 0.0562 e. The van der Waals surface area contributed by atoms with Gasteiger partial charge < -0.3 is 9.47 Å². The first-order valence-electron chi connectivity index (χ1n) is 21.3. The van der Waals surface area contributed by atoms with Crippen LogP contribution in [0.2, 0.25) is 0 Å². The number of hydrogen-bond acceptors (Lipinski definition) is 1. The molecule has 0 radical (unpaired) electrons. The number of nitrogens with zero attached hydrogens (tertiary/aromatic N) is 2. The molecule has 0 bridgehead atoms. The second-order valence-electron chi connectivity index (χ2n) is 15.7. The Morgan fingerprint density at radius 1 is 0.274 bits per heavy atom. The number of fused-ring (bicyclic) bond motifs is 3. The topological polar surface area (TPSA) is 8.17 Å². The van der Waals surface area contributed by atoms with Gasteiger partial charge in [0.05, 0.1) is 16.7 Å². The highest BCUT2D eigenvalue weighted by Gasteiger charge is 2.22. The summed E-state index contributed by atoms with van der Waals surface area (Å²) in [5, 5.41) is 2.41. The van der Waals surface area contributed by atoms with Crippen molar-refractivity contribution in [2.45, 2.75) is 0 Å². The molecule has 0 aliphatic rings. The average Bonchev–Trinajstić information content (AvgIpc) is 3.70. The molecule has 0 spiro atoms. The number of benzene rings is 10. The van der Waals surface area contributed by atoms with Crippen molar-refractivity contribution in [2.24, 2.45) is 0 Å². The first-order chi connectivity index (χ1) is 30.8. The van der Waals surface area contributed by atoms with Crippen molar-refractivity contribution in [3.05, 3.63) is 255 Å². The lowest BCUT2D eigenvalue weighted by Gasteiger charge is -2.28. The van der Waals surface area contributed by atoms with Crippen LogP contribution in [0.3, 0.4) is 0 Å². The molecule has 0 unspecified atom stereocenters. The minimum absolute atomic E-state index is 1.08. The molecule has 2 heteroatoms. The van der Waals surface area contributed by atoms with Crippen molar-refractivity contribution in [3.63, 3.8) is 0 Å². The highest BCUT2D eigenvalue weighted by molar-refractivity contribution is 6.16. The molecule has 0 aliphatic carbocycles. The summed E-state index contributed by atoms with van der Waals surface area (Å²) < 4.78 is 2.40. The van der Waals surface area contributed by atoms with Gasteiger partial charge in [-0.1, -0.05) is 200 Å². The van der Waals surface area contributed by atoms with Gasteiger partial charge in [-0.3, -0.25) is 0 Å². The van der Waals surface area contributed by atoms with Crippen LogP contribution in [0.5, 0.6) is 0 Å². The van der Waals surface area contributed by atoms with E-state index in [1.165, 1.54) is 71.9 Å². The van der Waals surface area contributed by atoms with Crippen molar-refractivity contribution in [3.8, 4) is 61.3 Å². The lowest BCUT2D eigenvalue weighted by molar-refractivity contribution is 1.18. The minimum atomic E-state index is 1.08. The van der Waals surface area contributed by atoms with E-state index in [2.05, 4.69) is 264 Å². The van der Waals surface area contributed by atoms with Crippen LogP contribution in [0.4, 0.5) is 17.1 Å². The molecule has 1 heterocycles. The van der Waals surface area contributed by atoms with E-state index >= 15 is 0 Å². The zero-order valence-corrected chi connectivity index (χ0v) is 34.1. The largest absolute Gasteiger partial charge is 0.310 e. The third-order valence-electron chi connectivity index (χ3n) is 12.0. The molecule has 0 N–H and O–H groups in total. The fraction of sp³-hybridized carbons (Fsp3) is 0. The average molecular weight is 791 g/mol. The Morgan fingerprint density at radius 3 is 1.35 bits per heavy atom. The molecule has 0 saturated heterocycles. The summed E-state index contributed by atoms with van der Waals surface area (Å²) in [6, 6.07) is 92.1. The molecule has 62 heavy (non-hydrogen) atoms. The third-order valence-corrected chi connectivity index (χ3v) is 12.0. The Labute approximate surface area is 362 Å². The van der Waals surface area contributed by atoms with Gasteiger partial charge in [-0.25, -0.2) is 0 Å². The minimum Gasteiger partial charge on any atom is -0.310 e. The summed E-state index contributed by atoms with van der Waals surface area (Å²) in [5.41, 5.74) is 18.7. The summed E-state index contributed by atoms with van der Waals surface area (Å²) in [6.07, 6.45) is 0. The predicted octanol–water partition coefficient (Wildman–Crippen LogP) is 16.6. The molecule has 0 atom stereocenters. The molecule has 10 aromatic carbocycles. The highest BCUT2D eigenvalue weighted by Crippen LogP contribution is 2.46. The Kier molecular flexibility index (Phi) is 9.57. The van der Waals surface area contributed by atoms with Gasteiger partial charge in [0, 0.05) is 27.8 Å². The molecule has 11 aromatic rings. The van der Waals surface area contributed by atoms with Gasteiger partial charge in [0.2, 0.25) is 0 Å². The van der Waals surface area contributed by atoms with E-state index in [1.54, 1.807) is 0 Å². The number of aromatic nitrogens is 1. The Hall–Kier alpha value is -8.20. The third kappa shape index (κ3) is 6.74. The first kappa shape index (κ1) is 36.8. The maximum atomic E-state index is 2.45. The molecule has 0 saturated carbocycles. The normalized spacial score (nSPS) is 11.2. The quantitative estimate of drug-likeness (QED) is 0.141. The van der Waals surface area contributed by atoms with E-state index in [4.69, 9.17) is 0 Å². The van der Waals surface area contributed by atoms with Gasteiger partial charge in [0.1, 0.15) is 0 Å². The summed E-state index contributed by atoms with van der Waals surface area (Å²) in [5.74, 6) is 0. The second kappa shape index (κ2) is 16.1. The van der Waals surface area contributed by atoms with Crippen LogP contribution in [-0.2, 0) is 0 Å². The standard InChI is InChI=1S/C60H42N2/c1-5-18-43(19-6-1)44-32-34-47(35-33-44)54-41-40-51(42-56(54)46-22-9-3-10-23-46)61(50-38-36-48(37-39-50)53-27-14-13-26-52(53)45-20-7-2-8-21-45)58-30-17-31-59-60(58)55-28-15-16-29-57(55)62(59)49-24-11-4-12-25-49/h1-42H. The van der Waals surface area contributed by atoms with Crippen LogP contribution < -0.4 is 4.90 Å². The molecule has 0 amide bonds. The van der Waals surface area contributed by atoms with Crippen LogP contribution in [0, 0.1) is 0 Å². The second-order valence-corrected chi connectivity index (χ2v) is 15.7. The van der Waals surface area contributed by atoms with Crippen LogP contribution in [0.25, 0.3) is 83.1 Å². The molecule has 292 valence electrons. The van der Waals surface area contributed by atoms with Crippen molar-refractivity contribution < 1.29 is 0 Å². The zero-order valence-electron chi connectivity index (χ0n) is 34.1. The predicted molar refractivity (Wildman–Crippen MR) is 263 cm³/mol. The number of hydrogen-bond donors (Lipinski definition) is 0. The van der Waals surface area contributed by atoms with E-state index in [9.17, 15) is 0 Å². The Bertz CT molecular complexity index is 3300. The molecule has 11 rings (SSSR count). The molecule has 2 nitrogen and oxygen atoms in total. The first-order valence-corrected chi connectivity index (χ1v) is 21.3. The van der Waals surface area contributed by atoms with E-state index in [0.717, 1.165) is 28.3 Å². The van der Waals surface area contributed by atoms with Crippen molar-refractivity contribution in [1.82, 2.24) is 4.57 Å². The molecular weight excluding hydrogens is 749 g/mol. The van der Waals surface area contributed by atoms with E-state index < -0.39 is 0 Å². The fourth-order valence-corrected chi connectivity index (χ4v) is 9.12. The molecule has 0 aliphatic heterocycles. The summed E-state index contributed by atoms with van der Waals surface area (Å²) in [6.45, 7) is 0. The summed E-state index contributed by atoms with van der Waals surface area (Å²) in [7, 11) is 0. The van der Waals surface area contributed by atoms with Gasteiger partial charge in [-0.15, -0.1) is 0 Å². The highest BCUT2D eigenvalue weighted by atomic mass is 15.1. The lowest BCUT2D eigenvalue weighted by Crippen LogP contribution is -2.11. The SMILES string of the molecule is c1ccc(-c2ccc(-c3ccc(N(c4ccc(-c5ccccc5-c5ccccc5)cc4)c4cccc5c4c4ccccc4n5-c4ccccc4)cc3-c3ccccc3)cc2)cc1. The van der Waals surface area contributed by atoms with Gasteiger partial charge in [0.15, 0.2) is 0 Å². The molecule has 0 fully saturated rings. The van der Waals surface area contributed by atoms with Crippen molar-refractivity contribution >= 4 is 38.9 Å². The molecular formula is C60H42N2. The van der Waals surface area contributed by atoms with Crippen LogP contribution in [0.1, 0.15) is 0 Å². The number of para-hydroxylation sites is 2. The van der Waals surface area contributed by atoms with Gasteiger partial charge in [-0.2, -0.15) is 0 Å².